The molecule has 0 bridgehead atoms. The topological polar surface area (TPSA) is 71.1 Å². The molecule has 28 heavy (non-hydrogen) atoms. The van der Waals surface area contributed by atoms with E-state index in [4.69, 9.17) is 18.9 Å². The van der Waals surface area contributed by atoms with E-state index in [2.05, 4.69) is 0 Å². The Kier molecular flexibility index (Phi) is 7.31. The third-order valence-corrected chi connectivity index (χ3v) is 3.94. The van der Waals surface area contributed by atoms with Crippen molar-refractivity contribution in [3.63, 3.8) is 0 Å². The monoisotopic (exact) mass is 394 g/mol. The number of hydrogen-bond acceptors (Lipinski definition) is 6. The van der Waals surface area contributed by atoms with E-state index >= 15 is 0 Å². The zero-order chi connectivity index (χ0) is 20.7. The van der Waals surface area contributed by atoms with E-state index in [0.29, 0.717) is 17.2 Å². The molecule has 0 aromatic heterocycles. The van der Waals surface area contributed by atoms with Gasteiger partial charge in [-0.05, 0) is 42.3 Å². The minimum Gasteiger partial charge on any atom is -0.493 e. The van der Waals surface area contributed by atoms with E-state index in [-0.39, 0.29) is 12.8 Å². The number of hydrogen-bond donors (Lipinski definition) is 0. The minimum atomic E-state index is -0.875. The Balaban J connectivity index is 1.95. The summed E-state index contributed by atoms with van der Waals surface area (Å²) in [4.78, 5) is 23.8. The second-order valence-electron chi connectivity index (χ2n) is 5.74. The molecule has 0 aliphatic heterocycles. The molecule has 2 aromatic rings. The number of ether oxygens (including phenoxy) is 4. The van der Waals surface area contributed by atoms with Crippen molar-refractivity contribution in [2.24, 2.45) is 0 Å². The smallest absolute Gasteiger partial charge is 0.306 e. The second-order valence-corrected chi connectivity index (χ2v) is 5.74. The van der Waals surface area contributed by atoms with E-state index in [0.717, 1.165) is 23.8 Å². The van der Waals surface area contributed by atoms with Crippen LogP contribution in [0.3, 0.4) is 0 Å². The van der Waals surface area contributed by atoms with Crippen molar-refractivity contribution in [3.8, 4) is 17.2 Å². The lowest BCUT2D eigenvalue weighted by Gasteiger charge is -2.14. The minimum absolute atomic E-state index is 0.0302. The molecule has 6 nitrogen and oxygen atoms in total. The van der Waals surface area contributed by atoms with Gasteiger partial charge in [-0.15, -0.1) is 0 Å². The fraction of sp³-hybridized carbons (Fsp3) is 0.300. The van der Waals surface area contributed by atoms with E-state index in [1.54, 1.807) is 12.1 Å². The van der Waals surface area contributed by atoms with Gasteiger partial charge in [-0.3, -0.25) is 9.59 Å². The van der Waals surface area contributed by atoms with Gasteiger partial charge in [-0.25, -0.2) is 8.78 Å². The highest BCUT2D eigenvalue weighted by molar-refractivity contribution is 5.98. The summed E-state index contributed by atoms with van der Waals surface area (Å²) in [6, 6.07) is 5.90. The molecular weight excluding hydrogens is 374 g/mol. The first-order chi connectivity index (χ1) is 13.4. The van der Waals surface area contributed by atoms with Crippen LogP contribution in [0.25, 0.3) is 0 Å². The van der Waals surface area contributed by atoms with Crippen LogP contribution in [0.1, 0.15) is 22.3 Å². The maximum absolute atomic E-state index is 13.6. The third kappa shape index (κ3) is 5.18. The maximum atomic E-state index is 13.6. The third-order valence-electron chi connectivity index (χ3n) is 3.94. The Bertz CT molecular complexity index is 841. The standard InChI is InChI=1S/C20H20F2O6/c1-25-17-8-12(9-18(26-2)20(17)27-3)4-7-19(24)28-11-16(23)14-10-13(21)5-6-15(14)22/h5-6,8-10H,4,7,11H2,1-3H3. The summed E-state index contributed by atoms with van der Waals surface area (Å²) in [5.41, 5.74) is 0.270. The van der Waals surface area contributed by atoms with Gasteiger partial charge in [0.25, 0.3) is 0 Å². The summed E-state index contributed by atoms with van der Waals surface area (Å²) in [5.74, 6) is -1.78. The fourth-order valence-electron chi connectivity index (χ4n) is 2.53. The molecule has 2 rings (SSSR count). The summed E-state index contributed by atoms with van der Waals surface area (Å²) in [5, 5.41) is 0. The van der Waals surface area contributed by atoms with E-state index in [9.17, 15) is 18.4 Å². The maximum Gasteiger partial charge on any atom is 0.306 e. The number of esters is 1. The summed E-state index contributed by atoms with van der Waals surface area (Å²) < 4.78 is 47.3. The largest absolute Gasteiger partial charge is 0.493 e. The summed E-state index contributed by atoms with van der Waals surface area (Å²) in [6.45, 7) is -0.672. The van der Waals surface area contributed by atoms with Crippen LogP contribution in [-0.4, -0.2) is 39.7 Å². The molecule has 0 atom stereocenters. The molecule has 150 valence electrons. The van der Waals surface area contributed by atoms with Crippen LogP contribution >= 0.6 is 0 Å². The van der Waals surface area contributed by atoms with E-state index in [1.807, 2.05) is 0 Å². The average Bonchev–Trinajstić information content (AvgIpc) is 2.71. The molecule has 0 aliphatic rings. The molecule has 0 aliphatic carbocycles. The molecule has 0 radical (unpaired) electrons. The second kappa shape index (κ2) is 9.68. The molecule has 0 saturated heterocycles. The van der Waals surface area contributed by atoms with Gasteiger partial charge >= 0.3 is 5.97 Å². The van der Waals surface area contributed by atoms with Crippen molar-refractivity contribution in [1.82, 2.24) is 0 Å². The Labute approximate surface area is 161 Å². The van der Waals surface area contributed by atoms with Gasteiger partial charge in [0, 0.05) is 6.42 Å². The molecular formula is C20H20F2O6. The van der Waals surface area contributed by atoms with E-state index < -0.39 is 35.6 Å². The first kappa shape index (κ1) is 21.1. The molecule has 8 heteroatoms. The number of carbonyl (C=O) groups is 2. The van der Waals surface area contributed by atoms with Crippen LogP contribution in [0.5, 0.6) is 17.2 Å². The fourth-order valence-corrected chi connectivity index (χ4v) is 2.53. The number of methoxy groups -OCH3 is 3. The molecule has 0 spiro atoms. The first-order valence-corrected chi connectivity index (χ1v) is 8.32. The van der Waals surface area contributed by atoms with Crippen LogP contribution < -0.4 is 14.2 Å². The van der Waals surface area contributed by atoms with Gasteiger partial charge in [0.15, 0.2) is 18.1 Å². The van der Waals surface area contributed by atoms with Gasteiger partial charge in [-0.1, -0.05) is 0 Å². The predicted octanol–water partition coefficient (Wildman–Crippen LogP) is 3.35. The van der Waals surface area contributed by atoms with Crippen molar-refractivity contribution in [2.75, 3.05) is 27.9 Å². The molecule has 0 amide bonds. The Morgan fingerprint density at radius 3 is 2.14 bits per heavy atom. The number of ketones is 1. The van der Waals surface area contributed by atoms with Crippen molar-refractivity contribution in [1.29, 1.82) is 0 Å². The molecule has 0 heterocycles. The number of aryl methyl sites for hydroxylation is 1. The summed E-state index contributed by atoms with van der Waals surface area (Å²) >= 11 is 0. The molecule has 0 saturated carbocycles. The normalized spacial score (nSPS) is 10.3. The molecule has 0 fully saturated rings. The highest BCUT2D eigenvalue weighted by Crippen LogP contribution is 2.38. The Morgan fingerprint density at radius 1 is 0.929 bits per heavy atom. The summed E-state index contributed by atoms with van der Waals surface area (Å²) in [6.07, 6.45) is 0.260. The first-order valence-electron chi connectivity index (χ1n) is 8.32. The Morgan fingerprint density at radius 2 is 1.57 bits per heavy atom. The number of Topliss-reactive ketones (excluding diaryl/α,β-unsaturated/α-hetero) is 1. The number of carbonyl (C=O) groups excluding carboxylic acids is 2. The van der Waals surface area contributed by atoms with Gasteiger partial charge in [0.1, 0.15) is 11.6 Å². The van der Waals surface area contributed by atoms with Crippen LogP contribution in [0, 0.1) is 11.6 Å². The quantitative estimate of drug-likeness (QED) is 0.480. The average molecular weight is 394 g/mol. The van der Waals surface area contributed by atoms with Crippen LogP contribution in [0.2, 0.25) is 0 Å². The lowest BCUT2D eigenvalue weighted by molar-refractivity contribution is -0.142. The number of benzene rings is 2. The highest BCUT2D eigenvalue weighted by Gasteiger charge is 2.17. The zero-order valence-electron chi connectivity index (χ0n) is 15.7. The van der Waals surface area contributed by atoms with Gasteiger partial charge in [0.2, 0.25) is 11.5 Å². The molecule has 0 unspecified atom stereocenters. The van der Waals surface area contributed by atoms with Crippen LogP contribution in [0.4, 0.5) is 8.78 Å². The predicted molar refractivity (Wildman–Crippen MR) is 96.1 cm³/mol. The Hall–Kier alpha value is -3.16. The van der Waals surface area contributed by atoms with Crippen molar-refractivity contribution in [3.05, 3.63) is 53.1 Å². The van der Waals surface area contributed by atoms with Gasteiger partial charge in [-0.2, -0.15) is 0 Å². The van der Waals surface area contributed by atoms with Crippen LogP contribution in [0.15, 0.2) is 30.3 Å². The molecule has 2 aromatic carbocycles. The number of rotatable bonds is 9. The zero-order valence-corrected chi connectivity index (χ0v) is 15.7. The van der Waals surface area contributed by atoms with Gasteiger partial charge < -0.3 is 18.9 Å². The van der Waals surface area contributed by atoms with Crippen molar-refractivity contribution < 1.29 is 37.3 Å². The van der Waals surface area contributed by atoms with Gasteiger partial charge in [0.05, 0.1) is 26.9 Å². The molecule has 0 N–H and O–H groups in total. The summed E-state index contributed by atoms with van der Waals surface area (Å²) in [7, 11) is 4.44. The van der Waals surface area contributed by atoms with Crippen molar-refractivity contribution in [2.45, 2.75) is 12.8 Å². The van der Waals surface area contributed by atoms with E-state index in [1.165, 1.54) is 21.3 Å². The SMILES string of the molecule is COc1cc(CCC(=O)OCC(=O)c2cc(F)ccc2F)cc(OC)c1OC. The highest BCUT2D eigenvalue weighted by atomic mass is 19.1. The van der Waals surface area contributed by atoms with Crippen LogP contribution in [-0.2, 0) is 16.0 Å². The lowest BCUT2D eigenvalue weighted by atomic mass is 10.1. The van der Waals surface area contributed by atoms with Crippen molar-refractivity contribution >= 4 is 11.8 Å². The number of halogens is 2. The lowest BCUT2D eigenvalue weighted by Crippen LogP contribution is -2.16.